The van der Waals surface area contributed by atoms with Gasteiger partial charge in [0.05, 0.1) is 6.07 Å². The molecule has 1 fully saturated rings. The van der Waals surface area contributed by atoms with E-state index in [1.165, 1.54) is 0 Å². The molecule has 1 saturated carbocycles. The number of nitriles is 1. The highest BCUT2D eigenvalue weighted by molar-refractivity contribution is 5.78. The molecule has 2 nitrogen and oxygen atoms in total. The van der Waals surface area contributed by atoms with Gasteiger partial charge >= 0.3 is 0 Å². The molecule has 0 bridgehead atoms. The quantitative estimate of drug-likeness (QED) is 0.538. The average Bonchev–Trinajstić information content (AvgIpc) is 2.15. The third kappa shape index (κ3) is 2.71. The summed E-state index contributed by atoms with van der Waals surface area (Å²) in [5.74, 6) is 0.706. The van der Waals surface area contributed by atoms with E-state index in [9.17, 15) is 4.79 Å². The predicted molar refractivity (Wildman–Crippen MR) is 41.8 cm³/mol. The Morgan fingerprint density at radius 3 is 3.09 bits per heavy atom. The molecular weight excluding hydrogens is 138 g/mol. The molecule has 0 N–H and O–H groups in total. The minimum absolute atomic E-state index is 0.350. The molecule has 11 heavy (non-hydrogen) atoms. The summed E-state index contributed by atoms with van der Waals surface area (Å²) < 4.78 is 0. The van der Waals surface area contributed by atoms with Crippen molar-refractivity contribution < 1.29 is 4.79 Å². The van der Waals surface area contributed by atoms with Crippen molar-refractivity contribution in [2.24, 2.45) is 5.92 Å². The second-order valence-electron chi connectivity index (χ2n) is 3.22. The fourth-order valence-corrected chi connectivity index (χ4v) is 1.58. The van der Waals surface area contributed by atoms with Crippen molar-refractivity contribution in [1.82, 2.24) is 0 Å². The Bertz CT molecular complexity index is 180. The van der Waals surface area contributed by atoms with E-state index in [1.54, 1.807) is 0 Å². The van der Waals surface area contributed by atoms with Crippen LogP contribution < -0.4 is 0 Å². The third-order valence-electron chi connectivity index (χ3n) is 2.21. The molecule has 0 aromatic rings. The van der Waals surface area contributed by atoms with Crippen LogP contribution in [0.3, 0.4) is 0 Å². The fraction of sp³-hybridized carbons (Fsp3) is 0.778. The van der Waals surface area contributed by atoms with Gasteiger partial charge in [0.1, 0.15) is 5.78 Å². The molecule has 0 saturated heterocycles. The molecule has 2 heteroatoms. The second-order valence-corrected chi connectivity index (χ2v) is 3.22. The first-order chi connectivity index (χ1) is 5.33. The zero-order chi connectivity index (χ0) is 8.10. The lowest BCUT2D eigenvalue weighted by Crippen LogP contribution is -2.03. The third-order valence-corrected chi connectivity index (χ3v) is 2.21. The maximum absolute atomic E-state index is 11.1. The summed E-state index contributed by atoms with van der Waals surface area (Å²) in [6.07, 6.45) is 5.17. The van der Waals surface area contributed by atoms with Crippen molar-refractivity contribution in [2.75, 3.05) is 0 Å². The van der Waals surface area contributed by atoms with Gasteiger partial charge in [-0.15, -0.1) is 0 Å². The largest absolute Gasteiger partial charge is 0.300 e. The average molecular weight is 151 g/mol. The van der Waals surface area contributed by atoms with E-state index in [4.69, 9.17) is 5.26 Å². The Balaban J connectivity index is 2.40. The number of ketones is 1. The van der Waals surface area contributed by atoms with Crippen LogP contribution in [0.1, 0.15) is 38.5 Å². The minimum Gasteiger partial charge on any atom is -0.300 e. The SMILES string of the molecule is N#CCC1CCCCC(=O)C1. The molecular formula is C9H13NO. The van der Waals surface area contributed by atoms with E-state index in [0.29, 0.717) is 24.5 Å². The van der Waals surface area contributed by atoms with Crippen LogP contribution in [0.15, 0.2) is 0 Å². The standard InChI is InChI=1S/C9H13NO/c10-6-5-8-3-1-2-4-9(11)7-8/h8H,1-5,7H2. The molecule has 0 aromatic heterocycles. The Morgan fingerprint density at radius 2 is 2.36 bits per heavy atom. The molecule has 0 amide bonds. The molecule has 1 atom stereocenters. The van der Waals surface area contributed by atoms with Crippen LogP contribution in [0.25, 0.3) is 0 Å². The molecule has 1 unspecified atom stereocenters. The van der Waals surface area contributed by atoms with Crippen LogP contribution in [-0.2, 0) is 4.79 Å². The fourth-order valence-electron chi connectivity index (χ4n) is 1.58. The summed E-state index contributed by atoms with van der Waals surface area (Å²) >= 11 is 0. The molecule has 0 heterocycles. The molecule has 0 aliphatic heterocycles. The van der Waals surface area contributed by atoms with Crippen LogP contribution in [0.5, 0.6) is 0 Å². The summed E-state index contributed by atoms with van der Waals surface area (Å²) in [6.45, 7) is 0. The molecule has 1 aliphatic rings. The van der Waals surface area contributed by atoms with Crippen molar-refractivity contribution >= 4 is 5.78 Å². The topological polar surface area (TPSA) is 40.9 Å². The van der Waals surface area contributed by atoms with Crippen LogP contribution in [0, 0.1) is 17.2 Å². The van der Waals surface area contributed by atoms with E-state index in [0.717, 1.165) is 25.7 Å². The van der Waals surface area contributed by atoms with E-state index >= 15 is 0 Å². The van der Waals surface area contributed by atoms with Crippen LogP contribution >= 0.6 is 0 Å². The zero-order valence-corrected chi connectivity index (χ0v) is 6.68. The van der Waals surface area contributed by atoms with E-state index in [-0.39, 0.29) is 0 Å². The lowest BCUT2D eigenvalue weighted by Gasteiger charge is -2.06. The highest BCUT2D eigenvalue weighted by Gasteiger charge is 2.16. The van der Waals surface area contributed by atoms with Crippen molar-refractivity contribution in [3.05, 3.63) is 0 Å². The Hall–Kier alpha value is -0.840. The van der Waals surface area contributed by atoms with Gasteiger partial charge in [-0.2, -0.15) is 5.26 Å². The van der Waals surface area contributed by atoms with Gasteiger partial charge in [-0.25, -0.2) is 0 Å². The number of hydrogen-bond acceptors (Lipinski definition) is 2. The smallest absolute Gasteiger partial charge is 0.133 e. The monoisotopic (exact) mass is 151 g/mol. The van der Waals surface area contributed by atoms with Gasteiger partial charge in [-0.1, -0.05) is 6.42 Å². The Labute approximate surface area is 67.2 Å². The van der Waals surface area contributed by atoms with Crippen molar-refractivity contribution in [3.63, 3.8) is 0 Å². The summed E-state index contributed by atoms with van der Waals surface area (Å²) in [4.78, 5) is 11.1. The highest BCUT2D eigenvalue weighted by Crippen LogP contribution is 2.22. The second kappa shape index (κ2) is 4.12. The van der Waals surface area contributed by atoms with E-state index < -0.39 is 0 Å². The first-order valence-electron chi connectivity index (χ1n) is 4.21. The van der Waals surface area contributed by atoms with Gasteiger partial charge in [0, 0.05) is 19.3 Å². The normalized spacial score (nSPS) is 25.7. The molecule has 0 radical (unpaired) electrons. The number of carbonyl (C=O) groups excluding carboxylic acids is 1. The van der Waals surface area contributed by atoms with Gasteiger partial charge < -0.3 is 0 Å². The summed E-state index contributed by atoms with van der Waals surface area (Å²) in [5, 5.41) is 8.44. The van der Waals surface area contributed by atoms with Gasteiger partial charge in [0.25, 0.3) is 0 Å². The number of carbonyl (C=O) groups is 1. The number of hydrogen-bond donors (Lipinski definition) is 0. The minimum atomic E-state index is 0.350. The molecule has 0 aromatic carbocycles. The van der Waals surface area contributed by atoms with Crippen LogP contribution in [0.4, 0.5) is 0 Å². The van der Waals surface area contributed by atoms with Crippen molar-refractivity contribution in [3.8, 4) is 6.07 Å². The van der Waals surface area contributed by atoms with Crippen molar-refractivity contribution in [2.45, 2.75) is 38.5 Å². The maximum Gasteiger partial charge on any atom is 0.133 e. The molecule has 60 valence electrons. The highest BCUT2D eigenvalue weighted by atomic mass is 16.1. The van der Waals surface area contributed by atoms with Crippen LogP contribution in [-0.4, -0.2) is 5.78 Å². The van der Waals surface area contributed by atoms with E-state index in [1.807, 2.05) is 0 Å². The Kier molecular flexibility index (Phi) is 3.10. The molecule has 1 rings (SSSR count). The number of Topliss-reactive ketones (excluding diaryl/α,β-unsaturated/α-hetero) is 1. The summed E-state index contributed by atoms with van der Waals surface area (Å²) in [7, 11) is 0. The van der Waals surface area contributed by atoms with Crippen LogP contribution in [0.2, 0.25) is 0 Å². The first-order valence-corrected chi connectivity index (χ1v) is 4.21. The molecule has 1 aliphatic carbocycles. The predicted octanol–water partition coefficient (Wildman–Crippen LogP) is 2.05. The summed E-state index contributed by atoms with van der Waals surface area (Å²) in [6, 6.07) is 2.13. The first kappa shape index (κ1) is 8.26. The zero-order valence-electron chi connectivity index (χ0n) is 6.68. The van der Waals surface area contributed by atoms with Crippen molar-refractivity contribution in [1.29, 1.82) is 5.26 Å². The Morgan fingerprint density at radius 1 is 1.55 bits per heavy atom. The van der Waals surface area contributed by atoms with Gasteiger partial charge in [-0.05, 0) is 18.8 Å². The summed E-state index contributed by atoms with van der Waals surface area (Å²) in [5.41, 5.74) is 0. The maximum atomic E-state index is 11.1. The van der Waals surface area contributed by atoms with Gasteiger partial charge in [0.15, 0.2) is 0 Å². The number of rotatable bonds is 1. The van der Waals surface area contributed by atoms with Gasteiger partial charge in [0.2, 0.25) is 0 Å². The molecule has 0 spiro atoms. The number of nitrogens with zero attached hydrogens (tertiary/aromatic N) is 1. The lowest BCUT2D eigenvalue weighted by molar-refractivity contribution is -0.119. The van der Waals surface area contributed by atoms with E-state index in [2.05, 4.69) is 6.07 Å². The lowest BCUT2D eigenvalue weighted by atomic mass is 9.97. The van der Waals surface area contributed by atoms with Gasteiger partial charge in [-0.3, -0.25) is 4.79 Å².